The third kappa shape index (κ3) is 4.20. The molecule has 0 atom stereocenters. The molecule has 8 aromatic carbocycles. The van der Waals surface area contributed by atoms with Crippen LogP contribution in [0.25, 0.3) is 81.1 Å². The molecule has 55 heavy (non-hydrogen) atoms. The minimum Gasteiger partial charge on any atom is -0.274 e. The minimum absolute atomic E-state index is 0.581. The number of pyridine rings is 1. The summed E-state index contributed by atoms with van der Waals surface area (Å²) in [7, 11) is 0. The molecule has 3 nitrogen and oxygen atoms in total. The first-order valence-electron chi connectivity index (χ1n) is 18.7. The van der Waals surface area contributed by atoms with Crippen molar-refractivity contribution in [3.63, 3.8) is 0 Å². The zero-order valence-electron chi connectivity index (χ0n) is 29.6. The number of para-hydroxylation sites is 1. The minimum atomic E-state index is -0.581. The Bertz CT molecular complexity index is 3280. The second kappa shape index (κ2) is 11.6. The van der Waals surface area contributed by atoms with Crippen molar-refractivity contribution in [2.45, 2.75) is 5.41 Å². The average molecular weight is 718 g/mol. The number of thiophene rings is 1. The molecule has 3 heterocycles. The van der Waals surface area contributed by atoms with Crippen molar-refractivity contribution in [3.8, 4) is 33.6 Å². The lowest BCUT2D eigenvalue weighted by Crippen LogP contribution is -2.28. The van der Waals surface area contributed by atoms with Crippen LogP contribution < -0.4 is 0 Å². The lowest BCUT2D eigenvalue weighted by atomic mass is 9.67. The van der Waals surface area contributed by atoms with Gasteiger partial charge in [0.2, 0.25) is 0 Å². The van der Waals surface area contributed by atoms with E-state index in [0.717, 1.165) is 27.9 Å². The van der Waals surface area contributed by atoms with Gasteiger partial charge in [-0.2, -0.15) is 0 Å². The van der Waals surface area contributed by atoms with Gasteiger partial charge in [-0.3, -0.25) is 4.40 Å². The Kier molecular flexibility index (Phi) is 6.42. The van der Waals surface area contributed by atoms with Gasteiger partial charge in [0.05, 0.1) is 10.9 Å². The van der Waals surface area contributed by atoms with Gasteiger partial charge < -0.3 is 0 Å². The van der Waals surface area contributed by atoms with Crippen LogP contribution in [0.4, 0.5) is 0 Å². The Morgan fingerprint density at radius 3 is 1.75 bits per heavy atom. The van der Waals surface area contributed by atoms with Gasteiger partial charge in [-0.15, -0.1) is 21.5 Å². The van der Waals surface area contributed by atoms with Crippen LogP contribution in [0.5, 0.6) is 0 Å². The molecule has 3 aromatic heterocycles. The fraction of sp³-hybridized carbons (Fsp3) is 0.0196. The summed E-state index contributed by atoms with van der Waals surface area (Å²) in [6.45, 7) is 0. The van der Waals surface area contributed by atoms with Crippen LogP contribution in [-0.4, -0.2) is 14.6 Å². The summed E-state index contributed by atoms with van der Waals surface area (Å²) in [5.41, 5.74) is 12.4. The molecule has 256 valence electrons. The van der Waals surface area contributed by atoms with Gasteiger partial charge in [0.1, 0.15) is 0 Å². The molecule has 0 fully saturated rings. The SMILES string of the molecule is c1ccc(C2(c3ccccc3)c3cc(-c4cccc5c4sc4ccccc45)ccc3-c3ccc(-c4nnc5c6ccccc6c6ccccc6n45)cc32)cc1. The molecule has 1 aliphatic rings. The molecule has 0 N–H and O–H groups in total. The molecular weight excluding hydrogens is 687 g/mol. The number of nitrogens with zero attached hydrogens (tertiary/aromatic N) is 3. The van der Waals surface area contributed by atoms with E-state index < -0.39 is 5.41 Å². The van der Waals surface area contributed by atoms with Crippen molar-refractivity contribution in [1.29, 1.82) is 0 Å². The van der Waals surface area contributed by atoms with Crippen LogP contribution >= 0.6 is 11.3 Å². The van der Waals surface area contributed by atoms with E-state index in [2.05, 4.69) is 192 Å². The summed E-state index contributed by atoms with van der Waals surface area (Å²) in [6, 6.07) is 68.8. The number of hydrogen-bond acceptors (Lipinski definition) is 3. The summed E-state index contributed by atoms with van der Waals surface area (Å²) >= 11 is 1.88. The highest BCUT2D eigenvalue weighted by Crippen LogP contribution is 2.57. The molecule has 4 heteroatoms. The summed E-state index contributed by atoms with van der Waals surface area (Å²) in [5.74, 6) is 0.836. The van der Waals surface area contributed by atoms with Gasteiger partial charge in [0.15, 0.2) is 11.5 Å². The first-order valence-corrected chi connectivity index (χ1v) is 19.6. The Labute approximate surface area is 321 Å². The molecule has 12 rings (SSSR count). The highest BCUT2D eigenvalue weighted by Gasteiger charge is 2.46. The van der Waals surface area contributed by atoms with Crippen LogP contribution in [0, 0.1) is 0 Å². The van der Waals surface area contributed by atoms with Gasteiger partial charge in [0, 0.05) is 36.5 Å². The van der Waals surface area contributed by atoms with Crippen LogP contribution in [0.3, 0.4) is 0 Å². The molecule has 0 saturated carbocycles. The zero-order valence-corrected chi connectivity index (χ0v) is 30.5. The molecule has 0 radical (unpaired) electrons. The summed E-state index contributed by atoms with van der Waals surface area (Å²) in [4.78, 5) is 0. The first kappa shape index (κ1) is 30.6. The Balaban J connectivity index is 1.15. The van der Waals surface area contributed by atoms with Crippen molar-refractivity contribution >= 4 is 58.8 Å². The molecule has 1 aliphatic carbocycles. The van der Waals surface area contributed by atoms with Crippen molar-refractivity contribution < 1.29 is 0 Å². The van der Waals surface area contributed by atoms with Crippen LogP contribution in [0.2, 0.25) is 0 Å². The third-order valence-corrected chi connectivity index (χ3v) is 13.0. The molecule has 0 spiro atoms. The molecule has 0 bridgehead atoms. The van der Waals surface area contributed by atoms with Crippen molar-refractivity contribution in [1.82, 2.24) is 14.6 Å². The fourth-order valence-electron chi connectivity index (χ4n) is 9.45. The maximum Gasteiger partial charge on any atom is 0.169 e. The summed E-state index contributed by atoms with van der Waals surface area (Å²) in [5, 5.41) is 15.9. The predicted octanol–water partition coefficient (Wildman–Crippen LogP) is 13.1. The molecular formula is C51H31N3S. The Hall–Kier alpha value is -6.88. The highest BCUT2D eigenvalue weighted by atomic mass is 32.1. The second-order valence-corrected chi connectivity index (χ2v) is 15.6. The van der Waals surface area contributed by atoms with Gasteiger partial charge in [-0.25, -0.2) is 0 Å². The van der Waals surface area contributed by atoms with Gasteiger partial charge >= 0.3 is 0 Å². The Morgan fingerprint density at radius 1 is 0.418 bits per heavy atom. The zero-order chi connectivity index (χ0) is 36.1. The van der Waals surface area contributed by atoms with E-state index >= 15 is 0 Å². The van der Waals surface area contributed by atoms with E-state index in [9.17, 15) is 0 Å². The number of benzene rings is 8. The largest absolute Gasteiger partial charge is 0.274 e. The maximum absolute atomic E-state index is 4.95. The van der Waals surface area contributed by atoms with E-state index in [-0.39, 0.29) is 0 Å². The number of fused-ring (bicyclic) bond motifs is 12. The van der Waals surface area contributed by atoms with Crippen LogP contribution in [0.15, 0.2) is 188 Å². The van der Waals surface area contributed by atoms with Crippen molar-refractivity contribution in [3.05, 3.63) is 210 Å². The first-order chi connectivity index (χ1) is 27.3. The normalized spacial score (nSPS) is 13.2. The Morgan fingerprint density at radius 2 is 1.00 bits per heavy atom. The van der Waals surface area contributed by atoms with Gasteiger partial charge in [0.25, 0.3) is 0 Å². The van der Waals surface area contributed by atoms with Crippen LogP contribution in [0.1, 0.15) is 22.3 Å². The number of aromatic nitrogens is 3. The average Bonchev–Trinajstić information content (AvgIpc) is 3.96. The van der Waals surface area contributed by atoms with E-state index in [4.69, 9.17) is 10.2 Å². The molecule has 11 aromatic rings. The lowest BCUT2D eigenvalue weighted by molar-refractivity contribution is 0.769. The van der Waals surface area contributed by atoms with E-state index in [1.807, 2.05) is 11.3 Å². The number of hydrogen-bond donors (Lipinski definition) is 0. The third-order valence-electron chi connectivity index (χ3n) is 11.8. The smallest absolute Gasteiger partial charge is 0.169 e. The van der Waals surface area contributed by atoms with Crippen LogP contribution in [-0.2, 0) is 5.41 Å². The molecule has 0 unspecified atom stereocenters. The molecule has 0 amide bonds. The predicted molar refractivity (Wildman–Crippen MR) is 229 cm³/mol. The summed E-state index contributed by atoms with van der Waals surface area (Å²) < 4.78 is 4.89. The van der Waals surface area contributed by atoms with Crippen molar-refractivity contribution in [2.24, 2.45) is 0 Å². The van der Waals surface area contributed by atoms with E-state index in [0.29, 0.717) is 0 Å². The number of rotatable bonds is 4. The standard InChI is InChI=1S/C51H31N3S/c1-3-14-34(15-4-1)51(35-16-5-2-6-17-35)44-30-32(36-22-13-23-42-41-20-10-12-25-47(41)55-48(36)42)26-28-38(44)39-29-27-33(31-45(39)51)49-52-53-50-43-21-8-7-18-37(43)40-19-9-11-24-46(40)54(49)50/h1-31H. The van der Waals surface area contributed by atoms with Gasteiger partial charge in [-0.1, -0.05) is 164 Å². The highest BCUT2D eigenvalue weighted by molar-refractivity contribution is 7.26. The quantitative estimate of drug-likeness (QED) is 0.170. The van der Waals surface area contributed by atoms with Gasteiger partial charge in [-0.05, 0) is 74.2 Å². The second-order valence-electron chi connectivity index (χ2n) is 14.5. The molecule has 0 aliphatic heterocycles. The topological polar surface area (TPSA) is 30.2 Å². The molecule has 0 saturated heterocycles. The monoisotopic (exact) mass is 717 g/mol. The fourth-order valence-corrected chi connectivity index (χ4v) is 10.7. The van der Waals surface area contributed by atoms with Crippen molar-refractivity contribution in [2.75, 3.05) is 0 Å². The lowest BCUT2D eigenvalue weighted by Gasteiger charge is -2.34. The summed E-state index contributed by atoms with van der Waals surface area (Å²) in [6.07, 6.45) is 0. The van der Waals surface area contributed by atoms with E-state index in [1.54, 1.807) is 0 Å². The van der Waals surface area contributed by atoms with E-state index in [1.165, 1.54) is 75.5 Å². The maximum atomic E-state index is 4.95.